The number of nitrogens with zero attached hydrogens (tertiary/aromatic N) is 3. The minimum atomic E-state index is 0.0387. The lowest BCUT2D eigenvalue weighted by molar-refractivity contribution is 0.152. The van der Waals surface area contributed by atoms with Gasteiger partial charge in [-0.05, 0) is 72.7 Å². The third-order valence-electron chi connectivity index (χ3n) is 7.50. The van der Waals surface area contributed by atoms with Crippen LogP contribution in [0.15, 0.2) is 60.8 Å². The van der Waals surface area contributed by atoms with Crippen LogP contribution in [0.5, 0.6) is 0 Å². The van der Waals surface area contributed by atoms with Crippen molar-refractivity contribution in [3.8, 4) is 0 Å². The van der Waals surface area contributed by atoms with Crippen molar-refractivity contribution >= 4 is 11.0 Å². The third-order valence-corrected chi connectivity index (χ3v) is 7.50. The molecule has 0 saturated heterocycles. The molecule has 0 bridgehead atoms. The van der Waals surface area contributed by atoms with Gasteiger partial charge in [-0.2, -0.15) is 0 Å². The van der Waals surface area contributed by atoms with Gasteiger partial charge in [0.25, 0.3) is 0 Å². The van der Waals surface area contributed by atoms with Gasteiger partial charge in [0.2, 0.25) is 0 Å². The number of aromatic amines is 1. The summed E-state index contributed by atoms with van der Waals surface area (Å²) in [6, 6.07) is 19.2. The predicted octanol–water partition coefficient (Wildman–Crippen LogP) is 5.81. The van der Waals surface area contributed by atoms with Crippen molar-refractivity contribution in [3.63, 3.8) is 0 Å². The number of nitrogens with one attached hydrogen (secondary N) is 2. The van der Waals surface area contributed by atoms with Crippen LogP contribution in [0.4, 0.5) is 0 Å². The Kier molecular flexibility index (Phi) is 8.61. The molecule has 0 radical (unpaired) electrons. The van der Waals surface area contributed by atoms with Crippen LogP contribution < -0.4 is 5.32 Å². The quantitative estimate of drug-likeness (QED) is 0.215. The van der Waals surface area contributed by atoms with Gasteiger partial charge in [0.1, 0.15) is 5.82 Å². The summed E-state index contributed by atoms with van der Waals surface area (Å²) >= 11 is 0. The minimum absolute atomic E-state index is 0.0387. The Labute approximate surface area is 220 Å². The standard InChI is InChI=1S/C31H39N5O/c1-2-3-6-16-32-19-23-14-15-25(26(18-23)22-37)20-36(21-30-34-27-11-4-5-12-28(27)35-30)29-13-7-9-24-10-8-17-33-31(24)29/h4-5,8,10-12,14-15,17-18,29,32,37H,2-3,6-7,9,13,16,19-22H2,1H3,(H,34,35). The largest absolute Gasteiger partial charge is 0.392 e. The zero-order valence-electron chi connectivity index (χ0n) is 21.9. The number of imidazole rings is 1. The molecule has 1 aliphatic carbocycles. The van der Waals surface area contributed by atoms with Crippen LogP contribution in [0.2, 0.25) is 0 Å². The summed E-state index contributed by atoms with van der Waals surface area (Å²) in [5.41, 5.74) is 7.97. The SMILES string of the molecule is CCCCCNCc1ccc(CN(Cc2nc3ccccc3[nH]2)C2CCCc3cccnc32)c(CO)c1. The summed E-state index contributed by atoms with van der Waals surface area (Å²) in [6.45, 7) is 5.56. The van der Waals surface area contributed by atoms with E-state index in [1.807, 2.05) is 24.4 Å². The summed E-state index contributed by atoms with van der Waals surface area (Å²) in [6.07, 6.45) is 8.91. The normalized spacial score (nSPS) is 15.4. The molecule has 1 aliphatic rings. The number of aromatic nitrogens is 3. The van der Waals surface area contributed by atoms with Crippen LogP contribution in [-0.4, -0.2) is 31.5 Å². The molecule has 5 rings (SSSR count). The van der Waals surface area contributed by atoms with Crippen molar-refractivity contribution in [3.05, 3.63) is 94.6 Å². The Hall–Kier alpha value is -3.06. The van der Waals surface area contributed by atoms with Gasteiger partial charge in [0.05, 0.1) is 35.9 Å². The minimum Gasteiger partial charge on any atom is -0.392 e. The molecule has 194 valence electrons. The molecule has 2 aromatic heterocycles. The van der Waals surface area contributed by atoms with Crippen LogP contribution in [0.1, 0.15) is 78.8 Å². The zero-order valence-corrected chi connectivity index (χ0v) is 21.9. The van der Waals surface area contributed by atoms with Gasteiger partial charge in [-0.3, -0.25) is 9.88 Å². The Bertz CT molecular complexity index is 1270. The van der Waals surface area contributed by atoms with E-state index in [2.05, 4.69) is 58.5 Å². The molecule has 6 nitrogen and oxygen atoms in total. The molecule has 37 heavy (non-hydrogen) atoms. The molecule has 0 aliphatic heterocycles. The molecule has 3 N–H and O–H groups in total. The molecule has 1 atom stereocenters. The van der Waals surface area contributed by atoms with Crippen molar-refractivity contribution < 1.29 is 5.11 Å². The summed E-state index contributed by atoms with van der Waals surface area (Å²) in [5.74, 6) is 0.961. The van der Waals surface area contributed by atoms with Gasteiger partial charge in [-0.1, -0.05) is 56.2 Å². The average molecular weight is 498 g/mol. The van der Waals surface area contributed by atoms with Crippen LogP contribution in [0.3, 0.4) is 0 Å². The fourth-order valence-corrected chi connectivity index (χ4v) is 5.53. The molecule has 0 saturated carbocycles. The van der Waals surface area contributed by atoms with Gasteiger partial charge < -0.3 is 15.4 Å². The van der Waals surface area contributed by atoms with E-state index in [1.54, 1.807) is 0 Å². The number of fused-ring (bicyclic) bond motifs is 2. The summed E-state index contributed by atoms with van der Waals surface area (Å²) in [7, 11) is 0. The second kappa shape index (κ2) is 12.5. The lowest BCUT2D eigenvalue weighted by Crippen LogP contribution is -2.32. The van der Waals surface area contributed by atoms with Gasteiger partial charge in [0, 0.05) is 19.3 Å². The number of aryl methyl sites for hydroxylation is 1. The second-order valence-corrected chi connectivity index (χ2v) is 10.2. The molecular formula is C31H39N5O. The first-order valence-electron chi connectivity index (χ1n) is 13.8. The Balaban J connectivity index is 1.40. The van der Waals surface area contributed by atoms with E-state index in [0.29, 0.717) is 6.54 Å². The monoisotopic (exact) mass is 497 g/mol. The molecule has 4 aromatic rings. The Morgan fingerprint density at radius 1 is 1.05 bits per heavy atom. The number of pyridine rings is 1. The fraction of sp³-hybridized carbons (Fsp3) is 0.419. The van der Waals surface area contributed by atoms with Gasteiger partial charge in [0.15, 0.2) is 0 Å². The molecule has 1 unspecified atom stereocenters. The molecule has 6 heteroatoms. The molecule has 0 amide bonds. The lowest BCUT2D eigenvalue weighted by Gasteiger charge is -2.35. The first-order chi connectivity index (χ1) is 18.2. The lowest BCUT2D eigenvalue weighted by atomic mass is 9.90. The van der Waals surface area contributed by atoms with Gasteiger partial charge in [-0.25, -0.2) is 4.98 Å². The van der Waals surface area contributed by atoms with Crippen molar-refractivity contribution in [2.45, 2.75) is 77.7 Å². The first kappa shape index (κ1) is 25.6. The summed E-state index contributed by atoms with van der Waals surface area (Å²) < 4.78 is 0. The smallest absolute Gasteiger partial charge is 0.121 e. The molecule has 2 heterocycles. The van der Waals surface area contributed by atoms with Gasteiger partial charge >= 0.3 is 0 Å². The van der Waals surface area contributed by atoms with E-state index in [4.69, 9.17) is 9.97 Å². The number of hydrogen-bond acceptors (Lipinski definition) is 5. The number of rotatable bonds is 12. The Morgan fingerprint density at radius 3 is 2.84 bits per heavy atom. The van der Waals surface area contributed by atoms with E-state index in [1.165, 1.54) is 36.1 Å². The topological polar surface area (TPSA) is 77.1 Å². The zero-order chi connectivity index (χ0) is 25.5. The number of hydrogen-bond donors (Lipinski definition) is 3. The fourth-order valence-electron chi connectivity index (χ4n) is 5.53. The molecule has 0 fully saturated rings. The first-order valence-corrected chi connectivity index (χ1v) is 13.8. The number of H-pyrrole nitrogens is 1. The molecule has 0 spiro atoms. The van der Waals surface area contributed by atoms with Crippen LogP contribution in [0.25, 0.3) is 11.0 Å². The highest BCUT2D eigenvalue weighted by atomic mass is 16.3. The van der Waals surface area contributed by atoms with Crippen molar-refractivity contribution in [2.75, 3.05) is 6.54 Å². The van der Waals surface area contributed by atoms with Crippen LogP contribution in [0, 0.1) is 0 Å². The van der Waals surface area contributed by atoms with Crippen molar-refractivity contribution in [1.29, 1.82) is 0 Å². The highest BCUT2D eigenvalue weighted by molar-refractivity contribution is 5.74. The summed E-state index contributed by atoms with van der Waals surface area (Å²) in [4.78, 5) is 15.7. The van der Waals surface area contributed by atoms with E-state index < -0.39 is 0 Å². The van der Waals surface area contributed by atoms with Gasteiger partial charge in [-0.15, -0.1) is 0 Å². The number of aliphatic hydroxyl groups is 1. The van der Waals surface area contributed by atoms with E-state index in [-0.39, 0.29) is 12.6 Å². The van der Waals surface area contributed by atoms with Crippen molar-refractivity contribution in [1.82, 2.24) is 25.2 Å². The van der Waals surface area contributed by atoms with E-state index in [9.17, 15) is 5.11 Å². The highest BCUT2D eigenvalue weighted by Crippen LogP contribution is 2.35. The average Bonchev–Trinajstić information content (AvgIpc) is 3.35. The van der Waals surface area contributed by atoms with Crippen LogP contribution in [-0.2, 0) is 32.7 Å². The highest BCUT2D eigenvalue weighted by Gasteiger charge is 2.28. The predicted molar refractivity (Wildman–Crippen MR) is 149 cm³/mol. The number of unbranched alkanes of at least 4 members (excludes halogenated alkanes) is 2. The summed E-state index contributed by atoms with van der Waals surface area (Å²) in [5, 5.41) is 13.8. The number of benzene rings is 2. The molecular weight excluding hydrogens is 458 g/mol. The number of aliphatic hydroxyl groups excluding tert-OH is 1. The second-order valence-electron chi connectivity index (χ2n) is 10.2. The van der Waals surface area contributed by atoms with E-state index >= 15 is 0 Å². The maximum atomic E-state index is 10.3. The van der Waals surface area contributed by atoms with Crippen LogP contribution >= 0.6 is 0 Å². The maximum Gasteiger partial charge on any atom is 0.121 e. The molecule has 2 aromatic carbocycles. The van der Waals surface area contributed by atoms with Crippen molar-refractivity contribution in [2.24, 2.45) is 0 Å². The van der Waals surface area contributed by atoms with E-state index in [0.717, 1.165) is 66.9 Å². The Morgan fingerprint density at radius 2 is 1.97 bits per heavy atom. The third kappa shape index (κ3) is 6.27. The number of para-hydroxylation sites is 2. The maximum absolute atomic E-state index is 10.3.